The predicted octanol–water partition coefficient (Wildman–Crippen LogP) is 2.67. The highest BCUT2D eigenvalue weighted by atomic mass is 32.1. The Bertz CT molecular complexity index is 324. The van der Waals surface area contributed by atoms with Crippen LogP contribution in [0, 0.1) is 19.3 Å². The summed E-state index contributed by atoms with van der Waals surface area (Å²) in [5, 5.41) is 6.16. The molecule has 1 aromatic rings. The van der Waals surface area contributed by atoms with Crippen LogP contribution in [0.1, 0.15) is 26.0 Å². The van der Waals surface area contributed by atoms with E-state index in [1.54, 1.807) is 11.3 Å². The summed E-state index contributed by atoms with van der Waals surface area (Å²) in [7, 11) is 0. The first-order chi connectivity index (χ1) is 6.09. The van der Waals surface area contributed by atoms with Crippen LogP contribution in [0.5, 0.6) is 0 Å². The van der Waals surface area contributed by atoms with Gasteiger partial charge in [-0.3, -0.25) is 0 Å². The summed E-state index contributed by atoms with van der Waals surface area (Å²) >= 11 is 1.59. The average molecular weight is 194 g/mol. The smallest absolute Gasteiger partial charge is 0.184 e. The quantitative estimate of drug-likeness (QED) is 0.748. The Labute approximate surface area is 83.4 Å². The number of hydrogen-bond acceptors (Lipinski definition) is 3. The second-order valence-electron chi connectivity index (χ2n) is 3.25. The molecule has 2 nitrogen and oxygen atoms in total. The van der Waals surface area contributed by atoms with Crippen LogP contribution in [0.2, 0.25) is 0 Å². The molecule has 0 aromatic carbocycles. The van der Waals surface area contributed by atoms with Gasteiger partial charge in [-0.25, -0.2) is 4.98 Å². The molecule has 0 aliphatic carbocycles. The van der Waals surface area contributed by atoms with Gasteiger partial charge in [-0.05, 0) is 20.3 Å². The van der Waals surface area contributed by atoms with Crippen molar-refractivity contribution in [2.75, 3.05) is 5.32 Å². The van der Waals surface area contributed by atoms with Gasteiger partial charge in [0.05, 0.1) is 11.2 Å². The Kier molecular flexibility index (Phi) is 2.94. The van der Waals surface area contributed by atoms with E-state index in [2.05, 4.69) is 23.1 Å². The first-order valence-electron chi connectivity index (χ1n) is 4.28. The number of thiazole rings is 1. The normalized spacial score (nSPS) is 14.6. The van der Waals surface area contributed by atoms with Crippen molar-refractivity contribution in [3.8, 4) is 12.3 Å². The number of nitrogens with zero attached hydrogens (tertiary/aromatic N) is 1. The van der Waals surface area contributed by atoms with Crippen molar-refractivity contribution in [2.24, 2.45) is 0 Å². The zero-order valence-electron chi connectivity index (χ0n) is 8.22. The molecule has 70 valence electrons. The first-order valence-corrected chi connectivity index (χ1v) is 5.15. The zero-order valence-corrected chi connectivity index (χ0v) is 9.03. The average Bonchev–Trinajstić information content (AvgIpc) is 2.51. The number of anilines is 1. The van der Waals surface area contributed by atoms with Gasteiger partial charge in [-0.15, -0.1) is 17.8 Å². The van der Waals surface area contributed by atoms with Crippen molar-refractivity contribution in [1.82, 2.24) is 4.98 Å². The molecule has 13 heavy (non-hydrogen) atoms. The Morgan fingerprint density at radius 1 is 1.77 bits per heavy atom. The lowest BCUT2D eigenvalue weighted by Crippen LogP contribution is -2.31. The molecule has 0 saturated carbocycles. The second-order valence-corrected chi connectivity index (χ2v) is 4.11. The van der Waals surface area contributed by atoms with Crippen molar-refractivity contribution in [2.45, 2.75) is 32.7 Å². The topological polar surface area (TPSA) is 24.9 Å². The fourth-order valence-corrected chi connectivity index (χ4v) is 1.69. The molecule has 1 N–H and O–H groups in total. The molecule has 0 aliphatic heterocycles. The van der Waals surface area contributed by atoms with Gasteiger partial charge in [-0.2, -0.15) is 0 Å². The third-order valence-electron chi connectivity index (χ3n) is 2.03. The van der Waals surface area contributed by atoms with E-state index in [1.165, 1.54) is 0 Å². The SMILES string of the molecule is C#CC(C)(CC)Nc1nc(C)cs1. The van der Waals surface area contributed by atoms with E-state index in [9.17, 15) is 0 Å². The molecule has 0 aliphatic rings. The molecule has 1 unspecified atom stereocenters. The molecule has 0 bridgehead atoms. The fraction of sp³-hybridized carbons (Fsp3) is 0.500. The monoisotopic (exact) mass is 194 g/mol. The Balaban J connectivity index is 2.74. The third-order valence-corrected chi connectivity index (χ3v) is 2.90. The number of rotatable bonds is 3. The Morgan fingerprint density at radius 3 is 2.85 bits per heavy atom. The molecule has 1 aromatic heterocycles. The van der Waals surface area contributed by atoms with E-state index < -0.39 is 0 Å². The molecule has 0 spiro atoms. The van der Waals surface area contributed by atoms with Crippen LogP contribution >= 0.6 is 11.3 Å². The summed E-state index contributed by atoms with van der Waals surface area (Å²) in [6.07, 6.45) is 6.33. The van der Waals surface area contributed by atoms with Crippen molar-refractivity contribution >= 4 is 16.5 Å². The molecule has 3 heteroatoms. The minimum atomic E-state index is -0.274. The van der Waals surface area contributed by atoms with Gasteiger partial charge in [0.1, 0.15) is 0 Å². The lowest BCUT2D eigenvalue weighted by atomic mass is 10.0. The van der Waals surface area contributed by atoms with Crippen LogP contribution in [0.4, 0.5) is 5.13 Å². The maximum absolute atomic E-state index is 5.44. The zero-order chi connectivity index (χ0) is 9.90. The highest BCUT2D eigenvalue weighted by Crippen LogP contribution is 2.21. The number of terminal acetylenes is 1. The van der Waals surface area contributed by atoms with Gasteiger partial charge >= 0.3 is 0 Å². The van der Waals surface area contributed by atoms with Crippen LogP contribution in [0.25, 0.3) is 0 Å². The minimum Gasteiger partial charge on any atom is -0.346 e. The molecule has 0 saturated heterocycles. The van der Waals surface area contributed by atoms with Crippen molar-refractivity contribution < 1.29 is 0 Å². The summed E-state index contributed by atoms with van der Waals surface area (Å²) in [6, 6.07) is 0. The van der Waals surface area contributed by atoms with E-state index in [0.717, 1.165) is 17.2 Å². The van der Waals surface area contributed by atoms with Crippen LogP contribution in [0.3, 0.4) is 0 Å². The molecule has 1 heterocycles. The highest BCUT2D eigenvalue weighted by Gasteiger charge is 2.18. The molecule has 1 atom stereocenters. The van der Waals surface area contributed by atoms with Crippen molar-refractivity contribution in [3.63, 3.8) is 0 Å². The predicted molar refractivity (Wildman–Crippen MR) is 58.0 cm³/mol. The molecular formula is C10H14N2S. The van der Waals surface area contributed by atoms with Gasteiger partial charge in [0.25, 0.3) is 0 Å². The van der Waals surface area contributed by atoms with E-state index in [-0.39, 0.29) is 5.54 Å². The lowest BCUT2D eigenvalue weighted by Gasteiger charge is -2.22. The van der Waals surface area contributed by atoms with Crippen LogP contribution in [-0.4, -0.2) is 10.5 Å². The van der Waals surface area contributed by atoms with E-state index in [1.807, 2.05) is 19.2 Å². The first kappa shape index (κ1) is 10.1. The highest BCUT2D eigenvalue weighted by molar-refractivity contribution is 7.13. The van der Waals surface area contributed by atoms with E-state index >= 15 is 0 Å². The molecule has 0 amide bonds. The fourth-order valence-electron chi connectivity index (χ4n) is 0.874. The van der Waals surface area contributed by atoms with E-state index in [4.69, 9.17) is 6.42 Å². The summed E-state index contributed by atoms with van der Waals surface area (Å²) in [5.74, 6) is 2.74. The number of hydrogen-bond donors (Lipinski definition) is 1. The summed E-state index contributed by atoms with van der Waals surface area (Å²) in [5.41, 5.74) is 0.757. The largest absolute Gasteiger partial charge is 0.346 e. The number of nitrogens with one attached hydrogen (secondary N) is 1. The van der Waals surface area contributed by atoms with Gasteiger partial charge in [0.2, 0.25) is 0 Å². The van der Waals surface area contributed by atoms with Gasteiger partial charge < -0.3 is 5.32 Å². The molecule has 0 radical (unpaired) electrons. The third kappa shape index (κ3) is 2.46. The standard InChI is InChI=1S/C10H14N2S/c1-5-10(4,6-2)12-9-11-8(3)7-13-9/h1,7H,6H2,2-4H3,(H,11,12). The number of aryl methyl sites for hydroxylation is 1. The summed E-state index contributed by atoms with van der Waals surface area (Å²) in [6.45, 7) is 6.04. The Morgan fingerprint density at radius 2 is 2.46 bits per heavy atom. The molecular weight excluding hydrogens is 180 g/mol. The maximum Gasteiger partial charge on any atom is 0.184 e. The van der Waals surface area contributed by atoms with Gasteiger partial charge in [-0.1, -0.05) is 12.8 Å². The summed E-state index contributed by atoms with van der Waals surface area (Å²) < 4.78 is 0. The van der Waals surface area contributed by atoms with E-state index in [0.29, 0.717) is 0 Å². The summed E-state index contributed by atoms with van der Waals surface area (Å²) in [4.78, 5) is 4.30. The lowest BCUT2D eigenvalue weighted by molar-refractivity contribution is 0.634. The molecule has 1 rings (SSSR count). The van der Waals surface area contributed by atoms with Crippen LogP contribution in [0.15, 0.2) is 5.38 Å². The van der Waals surface area contributed by atoms with Crippen LogP contribution < -0.4 is 5.32 Å². The molecule has 0 fully saturated rings. The second kappa shape index (κ2) is 3.80. The van der Waals surface area contributed by atoms with Gasteiger partial charge in [0, 0.05) is 5.38 Å². The van der Waals surface area contributed by atoms with Gasteiger partial charge in [0.15, 0.2) is 5.13 Å². The minimum absolute atomic E-state index is 0.274. The van der Waals surface area contributed by atoms with Crippen LogP contribution in [-0.2, 0) is 0 Å². The maximum atomic E-state index is 5.44. The Hall–Kier alpha value is -1.01. The van der Waals surface area contributed by atoms with Crippen molar-refractivity contribution in [1.29, 1.82) is 0 Å². The van der Waals surface area contributed by atoms with Crippen molar-refractivity contribution in [3.05, 3.63) is 11.1 Å². The number of aromatic nitrogens is 1.